The third kappa shape index (κ3) is 2.56. The summed E-state index contributed by atoms with van der Waals surface area (Å²) in [7, 11) is 0. The smallest absolute Gasteiger partial charge is 0.271 e. The maximum Gasteiger partial charge on any atom is 0.271 e. The highest BCUT2D eigenvalue weighted by Gasteiger charge is 2.27. The van der Waals surface area contributed by atoms with Crippen LogP contribution in [0, 0.1) is 0 Å². The zero-order chi connectivity index (χ0) is 17.5. The molecule has 1 amide bonds. The van der Waals surface area contributed by atoms with Crippen LogP contribution in [0.5, 0.6) is 0 Å². The van der Waals surface area contributed by atoms with Gasteiger partial charge >= 0.3 is 0 Å². The number of aryl methyl sites for hydroxylation is 2. The number of thiophene rings is 1. The molecular weight excluding hydrogens is 348 g/mol. The molecule has 1 aliphatic heterocycles. The Morgan fingerprint density at radius 1 is 1.12 bits per heavy atom. The van der Waals surface area contributed by atoms with Gasteiger partial charge in [0.05, 0.1) is 5.39 Å². The van der Waals surface area contributed by atoms with Gasteiger partial charge in [-0.05, 0) is 37.3 Å². The predicted molar refractivity (Wildman–Crippen MR) is 101 cm³/mol. The molecule has 0 radical (unpaired) electrons. The Kier molecular flexibility index (Phi) is 3.85. The predicted octanol–water partition coefficient (Wildman–Crippen LogP) is 2.26. The Bertz CT molecular complexity index is 942. The molecule has 0 spiro atoms. The molecule has 3 aromatic rings. The van der Waals surface area contributed by atoms with Crippen molar-refractivity contribution in [3.63, 3.8) is 0 Å². The van der Waals surface area contributed by atoms with Crippen molar-refractivity contribution < 1.29 is 4.79 Å². The minimum absolute atomic E-state index is 0.0166. The zero-order valence-corrected chi connectivity index (χ0v) is 15.3. The molecule has 0 aromatic carbocycles. The number of hydrogen-bond donors (Lipinski definition) is 1. The molecule has 0 unspecified atom stereocenters. The Morgan fingerprint density at radius 3 is 2.77 bits per heavy atom. The van der Waals surface area contributed by atoms with Crippen molar-refractivity contribution in [1.82, 2.24) is 25.1 Å². The van der Waals surface area contributed by atoms with E-state index in [2.05, 4.69) is 25.1 Å². The molecule has 7 nitrogen and oxygen atoms in total. The summed E-state index contributed by atoms with van der Waals surface area (Å²) < 4.78 is 0. The lowest BCUT2D eigenvalue weighted by molar-refractivity contribution is 0.0740. The number of aromatic nitrogens is 4. The van der Waals surface area contributed by atoms with E-state index in [1.165, 1.54) is 35.1 Å². The molecule has 26 heavy (non-hydrogen) atoms. The van der Waals surface area contributed by atoms with Gasteiger partial charge in [-0.3, -0.25) is 9.89 Å². The van der Waals surface area contributed by atoms with Crippen LogP contribution >= 0.6 is 11.3 Å². The molecule has 0 atom stereocenters. The van der Waals surface area contributed by atoms with Crippen LogP contribution in [0.1, 0.15) is 33.8 Å². The van der Waals surface area contributed by atoms with Crippen molar-refractivity contribution in [1.29, 1.82) is 0 Å². The van der Waals surface area contributed by atoms with Gasteiger partial charge < -0.3 is 9.80 Å². The topological polar surface area (TPSA) is 78.0 Å². The summed E-state index contributed by atoms with van der Waals surface area (Å²) in [5.74, 6) is 1.06. The highest BCUT2D eigenvalue weighted by atomic mass is 32.1. The van der Waals surface area contributed by atoms with E-state index in [1.54, 1.807) is 18.6 Å². The number of fused-ring (bicyclic) bond motifs is 3. The fourth-order valence-electron chi connectivity index (χ4n) is 3.98. The molecule has 0 saturated carbocycles. The van der Waals surface area contributed by atoms with Gasteiger partial charge in [0.2, 0.25) is 0 Å². The summed E-state index contributed by atoms with van der Waals surface area (Å²) >= 11 is 1.83. The summed E-state index contributed by atoms with van der Waals surface area (Å²) in [6.45, 7) is 2.96. The number of hydrogen-bond acceptors (Lipinski definition) is 6. The van der Waals surface area contributed by atoms with Crippen molar-refractivity contribution in [2.75, 3.05) is 31.1 Å². The molecule has 0 bridgehead atoms. The Labute approximate surface area is 155 Å². The van der Waals surface area contributed by atoms with Gasteiger partial charge in [0.25, 0.3) is 5.91 Å². The van der Waals surface area contributed by atoms with E-state index in [-0.39, 0.29) is 5.91 Å². The summed E-state index contributed by atoms with van der Waals surface area (Å²) in [5.41, 5.74) is 2.01. The molecule has 1 fully saturated rings. The van der Waals surface area contributed by atoms with Gasteiger partial charge in [0, 0.05) is 37.3 Å². The molecular formula is C18H20N6OS. The third-order valence-corrected chi connectivity index (χ3v) is 6.53. The first-order valence-electron chi connectivity index (χ1n) is 9.10. The maximum atomic E-state index is 12.5. The third-order valence-electron chi connectivity index (χ3n) is 5.33. The van der Waals surface area contributed by atoms with Crippen molar-refractivity contribution >= 4 is 33.3 Å². The normalized spacial score (nSPS) is 17.5. The molecule has 5 rings (SSSR count). The monoisotopic (exact) mass is 368 g/mol. The molecule has 3 aromatic heterocycles. The van der Waals surface area contributed by atoms with E-state index >= 15 is 0 Å². The van der Waals surface area contributed by atoms with Gasteiger partial charge in [-0.25, -0.2) is 9.97 Å². The van der Waals surface area contributed by atoms with Crippen molar-refractivity contribution in [3.05, 3.63) is 34.7 Å². The van der Waals surface area contributed by atoms with E-state index in [0.29, 0.717) is 18.8 Å². The van der Waals surface area contributed by atoms with Crippen LogP contribution < -0.4 is 4.90 Å². The molecule has 8 heteroatoms. The second-order valence-corrected chi connectivity index (χ2v) is 7.92. The standard InChI is InChI=1S/C18H20N6OS/c25-18(13-5-6-21-22-13)24-9-7-23(8-10-24)16-15-12-3-1-2-4-14(12)26-17(15)20-11-19-16/h5-6,11H,1-4,7-10H2,(H,21,22). The van der Waals surface area contributed by atoms with Crippen LogP contribution in [0.3, 0.4) is 0 Å². The highest BCUT2D eigenvalue weighted by Crippen LogP contribution is 2.39. The summed E-state index contributed by atoms with van der Waals surface area (Å²) in [4.78, 5) is 28.4. The van der Waals surface area contributed by atoms with E-state index < -0.39 is 0 Å². The van der Waals surface area contributed by atoms with Crippen molar-refractivity contribution in [3.8, 4) is 0 Å². The highest BCUT2D eigenvalue weighted by molar-refractivity contribution is 7.19. The number of amides is 1. The Hall–Kier alpha value is -2.48. The molecule has 2 aliphatic rings. The molecule has 4 heterocycles. The lowest BCUT2D eigenvalue weighted by Gasteiger charge is -2.35. The first kappa shape index (κ1) is 15.7. The zero-order valence-electron chi connectivity index (χ0n) is 14.4. The van der Waals surface area contributed by atoms with E-state index in [0.717, 1.165) is 30.2 Å². The van der Waals surface area contributed by atoms with E-state index in [4.69, 9.17) is 0 Å². The fourth-order valence-corrected chi connectivity index (χ4v) is 5.20. The molecule has 1 aliphatic carbocycles. The Balaban J connectivity index is 1.40. The Morgan fingerprint density at radius 2 is 1.96 bits per heavy atom. The maximum absolute atomic E-state index is 12.5. The number of anilines is 1. The molecule has 1 saturated heterocycles. The largest absolute Gasteiger partial charge is 0.352 e. The van der Waals surface area contributed by atoms with Crippen LogP contribution in [0.2, 0.25) is 0 Å². The number of rotatable bonds is 2. The van der Waals surface area contributed by atoms with Crippen molar-refractivity contribution in [2.24, 2.45) is 0 Å². The van der Waals surface area contributed by atoms with Crippen LogP contribution in [0.4, 0.5) is 5.82 Å². The summed E-state index contributed by atoms with van der Waals surface area (Å²) in [5, 5.41) is 7.88. The minimum atomic E-state index is 0.0166. The fraction of sp³-hybridized carbons (Fsp3) is 0.444. The number of nitrogens with one attached hydrogen (secondary N) is 1. The van der Waals surface area contributed by atoms with Crippen LogP contribution in [-0.4, -0.2) is 57.2 Å². The first-order chi connectivity index (χ1) is 12.8. The van der Waals surface area contributed by atoms with Gasteiger partial charge in [-0.15, -0.1) is 11.3 Å². The second kappa shape index (κ2) is 6.35. The lowest BCUT2D eigenvalue weighted by atomic mass is 9.97. The van der Waals surface area contributed by atoms with Crippen LogP contribution in [0.15, 0.2) is 18.6 Å². The number of H-pyrrole nitrogens is 1. The van der Waals surface area contributed by atoms with Gasteiger partial charge in [0.1, 0.15) is 22.7 Å². The summed E-state index contributed by atoms with van der Waals surface area (Å²) in [6.07, 6.45) is 8.12. The van der Waals surface area contributed by atoms with Crippen molar-refractivity contribution in [2.45, 2.75) is 25.7 Å². The number of carbonyl (C=O) groups excluding carboxylic acids is 1. The lowest BCUT2D eigenvalue weighted by Crippen LogP contribution is -2.49. The van der Waals surface area contributed by atoms with Crippen LogP contribution in [-0.2, 0) is 12.8 Å². The van der Waals surface area contributed by atoms with Gasteiger partial charge in [-0.1, -0.05) is 0 Å². The van der Waals surface area contributed by atoms with Gasteiger partial charge in [-0.2, -0.15) is 5.10 Å². The minimum Gasteiger partial charge on any atom is -0.352 e. The second-order valence-electron chi connectivity index (χ2n) is 6.84. The molecule has 1 N–H and O–H groups in total. The molecule has 134 valence electrons. The summed E-state index contributed by atoms with van der Waals surface area (Å²) in [6, 6.07) is 1.72. The average Bonchev–Trinajstić information content (AvgIpc) is 3.35. The number of carbonyl (C=O) groups is 1. The number of aromatic amines is 1. The average molecular weight is 368 g/mol. The van der Waals surface area contributed by atoms with E-state index in [9.17, 15) is 4.79 Å². The first-order valence-corrected chi connectivity index (χ1v) is 9.92. The van der Waals surface area contributed by atoms with Crippen LogP contribution in [0.25, 0.3) is 10.2 Å². The quantitative estimate of drug-likeness (QED) is 0.751. The number of piperazine rings is 1. The SMILES string of the molecule is O=C(c1ccn[nH]1)N1CCN(c2ncnc3sc4c(c23)CCCC4)CC1. The van der Waals surface area contributed by atoms with Gasteiger partial charge in [0.15, 0.2) is 0 Å². The number of nitrogens with zero attached hydrogens (tertiary/aromatic N) is 5. The van der Waals surface area contributed by atoms with E-state index in [1.807, 2.05) is 16.2 Å².